The van der Waals surface area contributed by atoms with Gasteiger partial charge in [-0.15, -0.1) is 0 Å². The molecule has 2 heterocycles. The van der Waals surface area contributed by atoms with Crippen LogP contribution < -0.4 is 24.3 Å². The van der Waals surface area contributed by atoms with Crippen molar-refractivity contribution in [1.29, 1.82) is 0 Å². The third-order valence-electron chi connectivity index (χ3n) is 3.98. The van der Waals surface area contributed by atoms with Gasteiger partial charge in [0.15, 0.2) is 23.0 Å². The summed E-state index contributed by atoms with van der Waals surface area (Å²) in [4.78, 5) is 12.3. The van der Waals surface area contributed by atoms with Crippen molar-refractivity contribution in [3.63, 3.8) is 0 Å². The van der Waals surface area contributed by atoms with Gasteiger partial charge >= 0.3 is 0 Å². The predicted octanol–water partition coefficient (Wildman–Crippen LogP) is 3.52. The number of halogens is 1. The lowest BCUT2D eigenvalue weighted by molar-refractivity contribution is -0.116. The number of aryl methyl sites for hydroxylation is 1. The molecule has 130 valence electrons. The van der Waals surface area contributed by atoms with Crippen LogP contribution in [0.15, 0.2) is 34.8 Å². The SMILES string of the molecule is O=C(CCc1ccc2c(c1)OCO2)Nc1cc2c(cc1Br)OCCO2. The Morgan fingerprint density at radius 3 is 2.52 bits per heavy atom. The molecule has 0 saturated carbocycles. The number of nitrogens with one attached hydrogen (secondary N) is 1. The minimum atomic E-state index is -0.0740. The van der Waals surface area contributed by atoms with Gasteiger partial charge in [-0.3, -0.25) is 4.79 Å². The van der Waals surface area contributed by atoms with Crippen LogP contribution in [0, 0.1) is 0 Å². The average molecular weight is 406 g/mol. The summed E-state index contributed by atoms with van der Waals surface area (Å²) in [6, 6.07) is 9.31. The van der Waals surface area contributed by atoms with E-state index in [9.17, 15) is 4.79 Å². The Morgan fingerprint density at radius 2 is 1.68 bits per heavy atom. The molecule has 0 saturated heterocycles. The predicted molar refractivity (Wildman–Crippen MR) is 94.6 cm³/mol. The fourth-order valence-corrected chi connectivity index (χ4v) is 3.15. The first-order valence-electron chi connectivity index (χ1n) is 7.96. The maximum atomic E-state index is 12.3. The number of amides is 1. The maximum Gasteiger partial charge on any atom is 0.231 e. The summed E-state index contributed by atoms with van der Waals surface area (Å²) in [5.41, 5.74) is 1.69. The van der Waals surface area contributed by atoms with Crippen LogP contribution in [0.4, 0.5) is 5.69 Å². The second kappa shape index (κ2) is 6.84. The molecule has 0 atom stereocenters. The van der Waals surface area contributed by atoms with E-state index < -0.39 is 0 Å². The molecular weight excluding hydrogens is 390 g/mol. The van der Waals surface area contributed by atoms with E-state index in [2.05, 4.69) is 21.2 Å². The lowest BCUT2D eigenvalue weighted by atomic mass is 10.1. The quantitative estimate of drug-likeness (QED) is 0.842. The van der Waals surface area contributed by atoms with Gasteiger partial charge in [0.25, 0.3) is 0 Å². The molecule has 2 aliphatic rings. The van der Waals surface area contributed by atoms with Crippen LogP contribution in [0.2, 0.25) is 0 Å². The Balaban J connectivity index is 1.39. The van der Waals surface area contributed by atoms with E-state index in [0.29, 0.717) is 43.2 Å². The van der Waals surface area contributed by atoms with Gasteiger partial charge < -0.3 is 24.3 Å². The second-order valence-corrected chi connectivity index (χ2v) is 6.57. The molecule has 0 spiro atoms. The highest BCUT2D eigenvalue weighted by atomic mass is 79.9. The number of carbonyl (C=O) groups excluding carboxylic acids is 1. The Kier molecular flexibility index (Phi) is 4.40. The van der Waals surface area contributed by atoms with Gasteiger partial charge in [-0.05, 0) is 40.0 Å². The summed E-state index contributed by atoms with van der Waals surface area (Å²) in [5.74, 6) is 2.72. The molecule has 7 heteroatoms. The van der Waals surface area contributed by atoms with Gasteiger partial charge in [-0.2, -0.15) is 0 Å². The van der Waals surface area contributed by atoms with Crippen LogP contribution in [-0.2, 0) is 11.2 Å². The minimum Gasteiger partial charge on any atom is -0.486 e. The Hall–Kier alpha value is -2.41. The van der Waals surface area contributed by atoms with E-state index >= 15 is 0 Å². The third kappa shape index (κ3) is 3.51. The number of fused-ring (bicyclic) bond motifs is 2. The molecule has 2 aromatic rings. The fraction of sp³-hybridized carbons (Fsp3) is 0.278. The molecule has 6 nitrogen and oxygen atoms in total. The van der Waals surface area contributed by atoms with Gasteiger partial charge in [-0.25, -0.2) is 0 Å². The summed E-state index contributed by atoms with van der Waals surface area (Å²) in [7, 11) is 0. The van der Waals surface area contributed by atoms with Crippen LogP contribution in [0.3, 0.4) is 0 Å². The van der Waals surface area contributed by atoms with Crippen LogP contribution in [0.1, 0.15) is 12.0 Å². The standard InChI is InChI=1S/C18H16BrNO5/c19-12-8-16-17(23-6-5-22-16)9-13(12)20-18(21)4-2-11-1-3-14-15(7-11)25-10-24-14/h1,3,7-9H,2,4-6,10H2,(H,20,21). The van der Waals surface area contributed by atoms with Crippen LogP contribution in [0.5, 0.6) is 23.0 Å². The molecule has 0 aromatic heterocycles. The Morgan fingerprint density at radius 1 is 0.960 bits per heavy atom. The highest BCUT2D eigenvalue weighted by molar-refractivity contribution is 9.10. The molecule has 4 rings (SSSR count). The van der Waals surface area contributed by atoms with Crippen LogP contribution >= 0.6 is 15.9 Å². The molecule has 25 heavy (non-hydrogen) atoms. The van der Waals surface area contributed by atoms with Crippen molar-refractivity contribution in [3.8, 4) is 23.0 Å². The average Bonchev–Trinajstić information content (AvgIpc) is 3.08. The van der Waals surface area contributed by atoms with Crippen molar-refractivity contribution >= 4 is 27.5 Å². The Labute approximate surface area is 153 Å². The van der Waals surface area contributed by atoms with E-state index in [1.54, 1.807) is 6.07 Å². The molecule has 2 aromatic carbocycles. The summed E-state index contributed by atoms with van der Waals surface area (Å²) in [6.45, 7) is 1.28. The topological polar surface area (TPSA) is 66.0 Å². The summed E-state index contributed by atoms with van der Waals surface area (Å²) >= 11 is 3.45. The molecule has 0 unspecified atom stereocenters. The zero-order chi connectivity index (χ0) is 17.2. The van der Waals surface area contributed by atoms with Gasteiger partial charge in [0.1, 0.15) is 13.2 Å². The molecular formula is C18H16BrNO5. The zero-order valence-electron chi connectivity index (χ0n) is 13.3. The minimum absolute atomic E-state index is 0.0740. The van der Waals surface area contributed by atoms with Crippen molar-refractivity contribution in [3.05, 3.63) is 40.4 Å². The van der Waals surface area contributed by atoms with Gasteiger partial charge in [0, 0.05) is 23.0 Å². The summed E-state index contributed by atoms with van der Waals surface area (Å²) in [5, 5.41) is 2.91. The monoisotopic (exact) mass is 405 g/mol. The molecule has 1 N–H and O–H groups in total. The van der Waals surface area contributed by atoms with E-state index in [1.807, 2.05) is 24.3 Å². The number of hydrogen-bond acceptors (Lipinski definition) is 5. The van der Waals surface area contributed by atoms with Crippen molar-refractivity contribution in [1.82, 2.24) is 0 Å². The first kappa shape index (κ1) is 16.1. The zero-order valence-corrected chi connectivity index (χ0v) is 14.9. The molecule has 0 fully saturated rings. The van der Waals surface area contributed by atoms with E-state index in [4.69, 9.17) is 18.9 Å². The highest BCUT2D eigenvalue weighted by Gasteiger charge is 2.17. The molecule has 0 radical (unpaired) electrons. The molecule has 0 bridgehead atoms. The van der Waals surface area contributed by atoms with Crippen molar-refractivity contribution in [2.24, 2.45) is 0 Å². The van der Waals surface area contributed by atoms with Crippen molar-refractivity contribution < 1.29 is 23.7 Å². The summed E-state index contributed by atoms with van der Waals surface area (Å²) < 4.78 is 22.5. The third-order valence-corrected chi connectivity index (χ3v) is 4.64. The molecule has 0 aliphatic carbocycles. The maximum absolute atomic E-state index is 12.3. The Bertz CT molecular complexity index is 823. The number of rotatable bonds is 4. The lowest BCUT2D eigenvalue weighted by Gasteiger charge is -2.20. The normalized spacial score (nSPS) is 14.3. The number of hydrogen-bond donors (Lipinski definition) is 1. The summed E-state index contributed by atoms with van der Waals surface area (Å²) in [6.07, 6.45) is 0.977. The van der Waals surface area contributed by atoms with Gasteiger partial charge in [0.2, 0.25) is 12.7 Å². The van der Waals surface area contributed by atoms with Crippen LogP contribution in [-0.4, -0.2) is 25.9 Å². The number of ether oxygens (including phenoxy) is 4. The number of benzene rings is 2. The van der Waals surface area contributed by atoms with E-state index in [1.165, 1.54) is 0 Å². The molecule has 1 amide bonds. The van der Waals surface area contributed by atoms with Crippen LogP contribution in [0.25, 0.3) is 0 Å². The lowest BCUT2D eigenvalue weighted by Crippen LogP contribution is -2.17. The first-order chi connectivity index (χ1) is 12.2. The number of anilines is 1. The van der Waals surface area contributed by atoms with Gasteiger partial charge in [-0.1, -0.05) is 6.07 Å². The first-order valence-corrected chi connectivity index (χ1v) is 8.76. The van der Waals surface area contributed by atoms with Crippen molar-refractivity contribution in [2.45, 2.75) is 12.8 Å². The largest absolute Gasteiger partial charge is 0.486 e. The van der Waals surface area contributed by atoms with Gasteiger partial charge in [0.05, 0.1) is 5.69 Å². The van der Waals surface area contributed by atoms with Crippen molar-refractivity contribution in [2.75, 3.05) is 25.3 Å². The second-order valence-electron chi connectivity index (χ2n) is 5.71. The fourth-order valence-electron chi connectivity index (χ4n) is 2.73. The highest BCUT2D eigenvalue weighted by Crippen LogP contribution is 2.38. The molecule has 2 aliphatic heterocycles. The van der Waals surface area contributed by atoms with E-state index in [-0.39, 0.29) is 12.7 Å². The number of carbonyl (C=O) groups is 1. The smallest absolute Gasteiger partial charge is 0.231 e. The van der Waals surface area contributed by atoms with E-state index in [0.717, 1.165) is 21.5 Å².